The Bertz CT molecular complexity index is 629. The summed E-state index contributed by atoms with van der Waals surface area (Å²) in [6.07, 6.45) is 1.01. The summed E-state index contributed by atoms with van der Waals surface area (Å²) < 4.78 is 6.00. The second kappa shape index (κ2) is 7.76. The number of carboxylic acids is 1. The minimum atomic E-state index is -0.774. The Morgan fingerprint density at radius 1 is 1.28 bits per heavy atom. The first-order valence-electron chi connectivity index (χ1n) is 8.70. The van der Waals surface area contributed by atoms with Crippen molar-refractivity contribution in [1.29, 1.82) is 0 Å². The maximum absolute atomic E-state index is 12.3. The van der Waals surface area contributed by atoms with Gasteiger partial charge in [-0.15, -0.1) is 0 Å². The first kappa shape index (κ1) is 19.1. The highest BCUT2D eigenvalue weighted by atomic mass is 16.5. The lowest BCUT2D eigenvalue weighted by Gasteiger charge is -2.30. The van der Waals surface area contributed by atoms with Crippen molar-refractivity contribution >= 4 is 12.0 Å². The Morgan fingerprint density at radius 3 is 2.48 bits per heavy atom. The van der Waals surface area contributed by atoms with Crippen molar-refractivity contribution in [3.05, 3.63) is 29.3 Å². The third-order valence-electron chi connectivity index (χ3n) is 4.20. The lowest BCUT2D eigenvalue weighted by atomic mass is 9.97. The third kappa shape index (κ3) is 5.66. The van der Waals surface area contributed by atoms with Gasteiger partial charge in [-0.1, -0.05) is 12.1 Å². The van der Waals surface area contributed by atoms with Crippen LogP contribution in [0.2, 0.25) is 0 Å². The van der Waals surface area contributed by atoms with Gasteiger partial charge in [-0.05, 0) is 52.2 Å². The summed E-state index contributed by atoms with van der Waals surface area (Å²) in [6.45, 7) is 9.30. The number of aliphatic carboxylic acids is 1. The number of carbonyl (C=O) groups is 2. The molecule has 1 saturated heterocycles. The molecule has 2 N–H and O–H groups in total. The molecule has 0 aromatic heterocycles. The van der Waals surface area contributed by atoms with Gasteiger partial charge in [0.05, 0.1) is 5.92 Å². The predicted molar refractivity (Wildman–Crippen MR) is 95.7 cm³/mol. The van der Waals surface area contributed by atoms with Gasteiger partial charge in [0.2, 0.25) is 0 Å². The Kier molecular flexibility index (Phi) is 5.93. The van der Waals surface area contributed by atoms with Crippen LogP contribution < -0.4 is 10.1 Å². The molecule has 1 heterocycles. The van der Waals surface area contributed by atoms with Crippen LogP contribution in [0.15, 0.2) is 18.2 Å². The number of ether oxygens (including phenoxy) is 1. The fourth-order valence-corrected chi connectivity index (χ4v) is 2.84. The van der Waals surface area contributed by atoms with Crippen LogP contribution >= 0.6 is 0 Å². The molecule has 1 aliphatic heterocycles. The highest BCUT2D eigenvalue weighted by molar-refractivity contribution is 5.75. The van der Waals surface area contributed by atoms with E-state index in [1.54, 1.807) is 4.90 Å². The molecule has 2 rings (SSSR count). The molecule has 1 fully saturated rings. The Labute approximate surface area is 149 Å². The number of hydrogen-bond acceptors (Lipinski definition) is 3. The third-order valence-corrected chi connectivity index (χ3v) is 4.20. The van der Waals surface area contributed by atoms with E-state index in [0.717, 1.165) is 16.9 Å². The number of urea groups is 1. The number of carboxylic acid groups (broad SMARTS) is 1. The lowest BCUT2D eigenvalue weighted by molar-refractivity contribution is -0.143. The zero-order valence-corrected chi connectivity index (χ0v) is 15.5. The van der Waals surface area contributed by atoms with Gasteiger partial charge in [0.1, 0.15) is 11.4 Å². The molecule has 0 saturated carbocycles. The zero-order valence-electron chi connectivity index (χ0n) is 15.5. The standard InChI is InChI=1S/C19H28N2O4/c1-13-5-6-15(16(11-13)25-19(2,3)4)12-20-18(24)21-9-7-14(8-10-21)17(22)23/h5-6,11,14H,7-10,12H2,1-4H3,(H,20,24)(H,22,23). The zero-order chi connectivity index (χ0) is 18.6. The van der Waals surface area contributed by atoms with Crippen LogP contribution in [0, 0.1) is 12.8 Å². The maximum atomic E-state index is 12.3. The first-order valence-corrected chi connectivity index (χ1v) is 8.70. The van der Waals surface area contributed by atoms with E-state index in [1.807, 2.05) is 45.9 Å². The average Bonchev–Trinajstić information content (AvgIpc) is 2.52. The number of rotatable bonds is 4. The maximum Gasteiger partial charge on any atom is 0.317 e. The van der Waals surface area contributed by atoms with Gasteiger partial charge in [-0.25, -0.2) is 4.79 Å². The molecule has 0 radical (unpaired) electrons. The molecule has 1 aromatic rings. The molecular formula is C19H28N2O4. The quantitative estimate of drug-likeness (QED) is 0.876. The van der Waals surface area contributed by atoms with Crippen molar-refractivity contribution in [1.82, 2.24) is 10.2 Å². The summed E-state index contributed by atoms with van der Waals surface area (Å²) in [4.78, 5) is 25.0. The van der Waals surface area contributed by atoms with E-state index in [1.165, 1.54) is 0 Å². The molecule has 2 amide bonds. The Balaban J connectivity index is 1.95. The summed E-state index contributed by atoms with van der Waals surface area (Å²) in [7, 11) is 0. The molecule has 0 aliphatic carbocycles. The van der Waals surface area contributed by atoms with Gasteiger partial charge in [0.25, 0.3) is 0 Å². The molecule has 0 spiro atoms. The highest BCUT2D eigenvalue weighted by Crippen LogP contribution is 2.25. The van der Waals surface area contributed by atoms with Crippen LogP contribution in [0.1, 0.15) is 44.7 Å². The Morgan fingerprint density at radius 2 is 1.92 bits per heavy atom. The number of nitrogens with zero attached hydrogens (tertiary/aromatic N) is 1. The monoisotopic (exact) mass is 348 g/mol. The van der Waals surface area contributed by atoms with Gasteiger partial charge in [0.15, 0.2) is 0 Å². The van der Waals surface area contributed by atoms with Gasteiger partial charge in [0, 0.05) is 25.2 Å². The summed E-state index contributed by atoms with van der Waals surface area (Å²) >= 11 is 0. The molecular weight excluding hydrogens is 320 g/mol. The van der Waals surface area contributed by atoms with Crippen molar-refractivity contribution < 1.29 is 19.4 Å². The Hall–Kier alpha value is -2.24. The molecule has 6 nitrogen and oxygen atoms in total. The van der Waals surface area contributed by atoms with E-state index in [-0.39, 0.29) is 17.6 Å². The van der Waals surface area contributed by atoms with E-state index in [2.05, 4.69) is 5.32 Å². The van der Waals surface area contributed by atoms with E-state index in [0.29, 0.717) is 32.5 Å². The van der Waals surface area contributed by atoms with E-state index in [9.17, 15) is 9.59 Å². The molecule has 1 aromatic carbocycles. The molecule has 0 atom stereocenters. The number of aryl methyl sites for hydroxylation is 1. The first-order chi connectivity index (χ1) is 11.7. The molecule has 138 valence electrons. The number of benzene rings is 1. The van der Waals surface area contributed by atoms with Crippen LogP contribution in [0.4, 0.5) is 4.79 Å². The molecule has 0 bridgehead atoms. The van der Waals surface area contributed by atoms with Crippen LogP contribution in [-0.4, -0.2) is 40.7 Å². The van der Waals surface area contributed by atoms with Crippen molar-refractivity contribution in [3.63, 3.8) is 0 Å². The largest absolute Gasteiger partial charge is 0.488 e. The normalized spacial score (nSPS) is 15.8. The van der Waals surface area contributed by atoms with Crippen molar-refractivity contribution in [2.45, 2.75) is 52.7 Å². The number of carbonyl (C=O) groups excluding carboxylic acids is 1. The van der Waals surface area contributed by atoms with Gasteiger partial charge >= 0.3 is 12.0 Å². The summed E-state index contributed by atoms with van der Waals surface area (Å²) in [5, 5.41) is 11.9. The van der Waals surface area contributed by atoms with Crippen LogP contribution in [0.5, 0.6) is 5.75 Å². The van der Waals surface area contributed by atoms with E-state index < -0.39 is 5.97 Å². The second-order valence-corrected chi connectivity index (χ2v) is 7.58. The number of piperidine rings is 1. The van der Waals surface area contributed by atoms with Crippen molar-refractivity contribution in [3.8, 4) is 5.75 Å². The van der Waals surface area contributed by atoms with E-state index in [4.69, 9.17) is 9.84 Å². The fourth-order valence-electron chi connectivity index (χ4n) is 2.84. The second-order valence-electron chi connectivity index (χ2n) is 7.58. The highest BCUT2D eigenvalue weighted by Gasteiger charge is 2.27. The predicted octanol–water partition coefficient (Wildman–Crippen LogP) is 3.18. The van der Waals surface area contributed by atoms with Crippen LogP contribution in [0.25, 0.3) is 0 Å². The molecule has 1 aliphatic rings. The summed E-state index contributed by atoms with van der Waals surface area (Å²) in [5.74, 6) is -0.339. The van der Waals surface area contributed by atoms with Gasteiger partial charge in [-0.2, -0.15) is 0 Å². The SMILES string of the molecule is Cc1ccc(CNC(=O)N2CCC(C(=O)O)CC2)c(OC(C)(C)C)c1. The smallest absolute Gasteiger partial charge is 0.317 e. The number of amides is 2. The minimum absolute atomic E-state index is 0.161. The number of likely N-dealkylation sites (tertiary alicyclic amines) is 1. The van der Waals surface area contributed by atoms with E-state index >= 15 is 0 Å². The lowest BCUT2D eigenvalue weighted by Crippen LogP contribution is -2.45. The topological polar surface area (TPSA) is 78.9 Å². The van der Waals surface area contributed by atoms with Crippen molar-refractivity contribution in [2.24, 2.45) is 5.92 Å². The minimum Gasteiger partial charge on any atom is -0.488 e. The van der Waals surface area contributed by atoms with Gasteiger partial charge in [-0.3, -0.25) is 4.79 Å². The molecule has 25 heavy (non-hydrogen) atoms. The van der Waals surface area contributed by atoms with Crippen LogP contribution in [-0.2, 0) is 11.3 Å². The fraction of sp³-hybridized carbons (Fsp3) is 0.579. The summed E-state index contributed by atoms with van der Waals surface area (Å²) in [6, 6.07) is 5.78. The average molecular weight is 348 g/mol. The van der Waals surface area contributed by atoms with Gasteiger partial charge < -0.3 is 20.1 Å². The molecule has 0 unspecified atom stereocenters. The van der Waals surface area contributed by atoms with Crippen LogP contribution in [0.3, 0.4) is 0 Å². The summed E-state index contributed by atoms with van der Waals surface area (Å²) in [5.41, 5.74) is 1.71. The number of nitrogens with one attached hydrogen (secondary N) is 1. The molecule has 6 heteroatoms. The van der Waals surface area contributed by atoms with Crippen molar-refractivity contribution in [2.75, 3.05) is 13.1 Å². The number of hydrogen-bond donors (Lipinski definition) is 2.